The van der Waals surface area contributed by atoms with Crippen molar-refractivity contribution in [3.63, 3.8) is 0 Å². The molecule has 3 heterocycles. The minimum absolute atomic E-state index is 0.648. The molecule has 0 radical (unpaired) electrons. The molecule has 3 nitrogen and oxygen atoms in total. The van der Waals surface area contributed by atoms with Crippen LogP contribution in [0.5, 0.6) is 0 Å². The van der Waals surface area contributed by atoms with Crippen molar-refractivity contribution in [2.24, 2.45) is 0 Å². The van der Waals surface area contributed by atoms with E-state index >= 15 is 0 Å². The molecule has 0 amide bonds. The molecule has 1 aliphatic heterocycles. The van der Waals surface area contributed by atoms with Crippen LogP contribution in [0.3, 0.4) is 0 Å². The summed E-state index contributed by atoms with van der Waals surface area (Å²) in [6, 6.07) is 16.5. The van der Waals surface area contributed by atoms with Crippen LogP contribution in [0.4, 0.5) is 0 Å². The van der Waals surface area contributed by atoms with E-state index in [4.69, 9.17) is 27.3 Å². The highest BCUT2D eigenvalue weighted by molar-refractivity contribution is 7.47. The summed E-state index contributed by atoms with van der Waals surface area (Å²) < 4.78 is 9.90. The van der Waals surface area contributed by atoms with Gasteiger partial charge in [-0.1, -0.05) is 35.8 Å². The summed E-state index contributed by atoms with van der Waals surface area (Å²) in [6.45, 7) is 0. The molecule has 0 spiro atoms. The largest absolute Gasteiger partial charge is 0.421 e. The van der Waals surface area contributed by atoms with E-state index in [1.807, 2.05) is 63.8 Å². The Balaban J connectivity index is 2.07. The summed E-state index contributed by atoms with van der Waals surface area (Å²) in [5.41, 5.74) is 3.61. The highest BCUT2D eigenvalue weighted by Crippen LogP contribution is 2.30. The first-order valence-electron chi connectivity index (χ1n) is 6.74. The van der Waals surface area contributed by atoms with E-state index in [1.54, 1.807) is 0 Å². The molecule has 0 bridgehead atoms. The van der Waals surface area contributed by atoms with Crippen molar-refractivity contribution in [1.82, 2.24) is 4.57 Å². The summed E-state index contributed by atoms with van der Waals surface area (Å²) in [5.74, 6) is 0. The van der Waals surface area contributed by atoms with Gasteiger partial charge in [-0.05, 0) is 18.2 Å². The lowest BCUT2D eigenvalue weighted by atomic mass is 9.76. The number of aromatic nitrogens is 2. The SMILES string of the molecule is Cl[B-]1(Cl)c2cccc3ccn(c23)-c2oc3ccccc3[n+]21. The zero-order valence-electron chi connectivity index (χ0n) is 10.8. The first-order valence-corrected chi connectivity index (χ1v) is 7.61. The standard InChI is InChI=1S/C15H9BCl2N2O/c17-16(18)11-5-3-4-10-8-9-19(14(10)11)15-20(16)12-6-1-2-7-13(12)21-15/h1-9H. The first kappa shape index (κ1) is 11.7. The molecular formula is C15H9BCl2N2O. The second-order valence-electron chi connectivity index (χ2n) is 5.32. The summed E-state index contributed by atoms with van der Waals surface area (Å²) in [7, 11) is 0. The lowest BCUT2D eigenvalue weighted by Gasteiger charge is -2.29. The van der Waals surface area contributed by atoms with Crippen LogP contribution < -0.4 is 9.94 Å². The van der Waals surface area contributed by atoms with Crippen molar-refractivity contribution >= 4 is 55.5 Å². The fourth-order valence-electron chi connectivity index (χ4n) is 3.27. The van der Waals surface area contributed by atoms with Crippen LogP contribution in [0, 0.1) is 0 Å². The van der Waals surface area contributed by atoms with E-state index in [-0.39, 0.29) is 0 Å². The Kier molecular flexibility index (Phi) is 2.03. The third kappa shape index (κ3) is 1.30. The smallest absolute Gasteiger partial charge is 0.390 e. The van der Waals surface area contributed by atoms with Crippen molar-refractivity contribution in [3.05, 3.63) is 54.7 Å². The van der Waals surface area contributed by atoms with E-state index in [1.165, 1.54) is 0 Å². The Labute approximate surface area is 130 Å². The quantitative estimate of drug-likeness (QED) is 0.457. The molecule has 1 aliphatic rings. The number of rotatable bonds is 0. The predicted molar refractivity (Wildman–Crippen MR) is 85.7 cm³/mol. The molecule has 0 saturated carbocycles. The average Bonchev–Trinajstić information content (AvgIpc) is 3.07. The van der Waals surface area contributed by atoms with Gasteiger partial charge in [0, 0.05) is 5.39 Å². The number of oxazole rings is 1. The van der Waals surface area contributed by atoms with Crippen molar-refractivity contribution in [1.29, 1.82) is 0 Å². The Morgan fingerprint density at radius 2 is 1.86 bits per heavy atom. The summed E-state index contributed by atoms with van der Waals surface area (Å²) >= 11 is 13.6. The molecule has 102 valence electrons. The number of nitrogens with zero attached hydrogens (tertiary/aromatic N) is 2. The lowest BCUT2D eigenvalue weighted by molar-refractivity contribution is -0.506. The van der Waals surface area contributed by atoms with E-state index < -0.39 is 5.11 Å². The van der Waals surface area contributed by atoms with Gasteiger partial charge in [-0.15, -0.1) is 0 Å². The van der Waals surface area contributed by atoms with Gasteiger partial charge in [-0.25, -0.2) is 0 Å². The molecule has 0 atom stereocenters. The Hall–Kier alpha value is -1.91. The number of benzene rings is 2. The van der Waals surface area contributed by atoms with Gasteiger partial charge in [0.1, 0.15) is 17.2 Å². The first-order chi connectivity index (χ1) is 10.2. The number of hydrogen-bond acceptors (Lipinski definition) is 1. The summed E-state index contributed by atoms with van der Waals surface area (Å²) in [6.07, 6.45) is 1.99. The average molecular weight is 315 g/mol. The van der Waals surface area contributed by atoms with Crippen LogP contribution in [-0.4, -0.2) is 9.68 Å². The predicted octanol–water partition coefficient (Wildman–Crippen LogP) is 3.15. The highest BCUT2D eigenvalue weighted by atomic mass is 35.5. The van der Waals surface area contributed by atoms with Crippen LogP contribution in [-0.2, 0) is 0 Å². The molecule has 0 fully saturated rings. The molecule has 2 aromatic carbocycles. The molecule has 6 heteroatoms. The second kappa shape index (κ2) is 3.64. The third-order valence-corrected chi connectivity index (χ3v) is 5.04. The van der Waals surface area contributed by atoms with Gasteiger partial charge in [0.15, 0.2) is 5.58 Å². The minimum Gasteiger partial charge on any atom is -0.390 e. The van der Waals surface area contributed by atoms with Crippen molar-refractivity contribution < 1.29 is 8.90 Å². The monoisotopic (exact) mass is 314 g/mol. The van der Waals surface area contributed by atoms with Crippen LogP contribution in [0.15, 0.2) is 59.1 Å². The molecule has 0 aliphatic carbocycles. The fourth-order valence-corrected chi connectivity index (χ4v) is 4.00. The summed E-state index contributed by atoms with van der Waals surface area (Å²) in [4.78, 5) is 0. The van der Waals surface area contributed by atoms with Crippen LogP contribution in [0.25, 0.3) is 28.0 Å². The van der Waals surface area contributed by atoms with Crippen LogP contribution >= 0.6 is 22.9 Å². The van der Waals surface area contributed by atoms with Crippen LogP contribution in [0.1, 0.15) is 0 Å². The van der Waals surface area contributed by atoms with E-state index in [0.29, 0.717) is 6.01 Å². The molecule has 21 heavy (non-hydrogen) atoms. The molecule has 0 saturated heterocycles. The highest BCUT2D eigenvalue weighted by Gasteiger charge is 2.43. The normalized spacial score (nSPS) is 15.5. The van der Waals surface area contributed by atoms with Crippen molar-refractivity contribution in [2.45, 2.75) is 0 Å². The maximum atomic E-state index is 6.79. The van der Waals surface area contributed by atoms with Gasteiger partial charge in [-0.3, -0.25) is 0 Å². The number of halogens is 2. The van der Waals surface area contributed by atoms with Gasteiger partial charge in [-0.2, -0.15) is 4.57 Å². The molecule has 5 rings (SSSR count). The lowest BCUT2D eigenvalue weighted by Crippen LogP contribution is -2.67. The van der Waals surface area contributed by atoms with Crippen LogP contribution in [0.2, 0.25) is 0 Å². The molecule has 0 N–H and O–H groups in total. The van der Waals surface area contributed by atoms with Gasteiger partial charge >= 0.3 is 11.1 Å². The van der Waals surface area contributed by atoms with Crippen molar-refractivity contribution in [2.75, 3.05) is 0 Å². The van der Waals surface area contributed by atoms with Gasteiger partial charge < -0.3 is 31.8 Å². The number of para-hydroxylation sites is 3. The molecule has 2 aromatic heterocycles. The zero-order valence-corrected chi connectivity index (χ0v) is 12.3. The second-order valence-corrected chi connectivity index (χ2v) is 6.80. The van der Waals surface area contributed by atoms with E-state index in [2.05, 4.69) is 0 Å². The zero-order chi connectivity index (χ0) is 14.2. The Morgan fingerprint density at radius 3 is 2.76 bits per heavy atom. The van der Waals surface area contributed by atoms with Crippen molar-refractivity contribution in [3.8, 4) is 6.01 Å². The molecular weight excluding hydrogens is 306 g/mol. The topological polar surface area (TPSA) is 21.9 Å². The Bertz CT molecular complexity index is 1030. The van der Waals surface area contributed by atoms with E-state index in [9.17, 15) is 0 Å². The summed E-state index contributed by atoms with van der Waals surface area (Å²) in [5, 5.41) is -0.857. The third-order valence-electron chi connectivity index (χ3n) is 4.18. The van der Waals surface area contributed by atoms with Gasteiger partial charge in [0.2, 0.25) is 0 Å². The number of hydrogen-bond donors (Lipinski definition) is 0. The minimum atomic E-state index is -1.96. The van der Waals surface area contributed by atoms with Gasteiger partial charge in [0.25, 0.3) is 0 Å². The maximum absolute atomic E-state index is 6.79. The molecule has 4 aromatic rings. The fraction of sp³-hybridized carbons (Fsp3) is 0. The Morgan fingerprint density at radius 1 is 1.00 bits per heavy atom. The van der Waals surface area contributed by atoms with Gasteiger partial charge in [0.05, 0.1) is 0 Å². The maximum Gasteiger partial charge on any atom is 0.421 e. The molecule has 0 unspecified atom stereocenters. The van der Waals surface area contributed by atoms with E-state index in [0.717, 1.165) is 27.5 Å². The number of fused-ring (bicyclic) bond motifs is 4.